The van der Waals surface area contributed by atoms with Crippen LogP contribution >= 0.6 is 15.9 Å². The lowest BCUT2D eigenvalue weighted by molar-refractivity contribution is -0.123. The number of hydrogen-bond donors (Lipinski definition) is 2. The maximum absolute atomic E-state index is 11.8. The molecule has 24 heavy (non-hydrogen) atoms. The van der Waals surface area contributed by atoms with E-state index in [2.05, 4.69) is 26.5 Å². The third-order valence-corrected chi connectivity index (χ3v) is 3.38. The van der Waals surface area contributed by atoms with Crippen molar-refractivity contribution in [1.29, 1.82) is 0 Å². The normalized spacial score (nSPS) is 10.6. The fourth-order valence-electron chi connectivity index (χ4n) is 1.82. The van der Waals surface area contributed by atoms with Crippen molar-refractivity contribution in [2.24, 2.45) is 5.10 Å². The summed E-state index contributed by atoms with van der Waals surface area (Å²) in [5.74, 6) is 0.712. The molecule has 0 aliphatic carbocycles. The summed E-state index contributed by atoms with van der Waals surface area (Å²) in [6.07, 6.45) is 1.35. The quantitative estimate of drug-likeness (QED) is 0.560. The van der Waals surface area contributed by atoms with Crippen molar-refractivity contribution in [3.63, 3.8) is 0 Å². The van der Waals surface area contributed by atoms with Crippen LogP contribution in [0.15, 0.2) is 52.0 Å². The second kappa shape index (κ2) is 8.93. The molecule has 0 aliphatic rings. The number of hydrogen-bond acceptors (Lipinski definition) is 5. The molecule has 2 aromatic rings. The molecule has 0 saturated heterocycles. The Labute approximate surface area is 148 Å². The molecule has 7 heteroatoms. The zero-order valence-corrected chi connectivity index (χ0v) is 14.6. The van der Waals surface area contributed by atoms with Gasteiger partial charge in [-0.15, -0.1) is 0 Å². The van der Waals surface area contributed by atoms with Crippen LogP contribution in [0, 0.1) is 0 Å². The molecule has 0 spiro atoms. The number of phenols is 1. The third kappa shape index (κ3) is 5.27. The highest BCUT2D eigenvalue weighted by Crippen LogP contribution is 2.26. The van der Waals surface area contributed by atoms with Gasteiger partial charge in [0.15, 0.2) is 18.1 Å². The standard InChI is InChI=1S/C17H17BrN2O4/c1-2-23-15-5-3-4-6-16(15)24-11-17(22)20-19-10-12-9-13(18)7-8-14(12)21/h3-10,21H,2,11H2,1H3,(H,20,22)/b19-10-. The Balaban J connectivity index is 1.88. The fraction of sp³-hybridized carbons (Fsp3) is 0.176. The Bertz CT molecular complexity index is 734. The van der Waals surface area contributed by atoms with Gasteiger partial charge in [0.1, 0.15) is 5.75 Å². The number of benzene rings is 2. The van der Waals surface area contributed by atoms with Gasteiger partial charge in [0.2, 0.25) is 0 Å². The number of ether oxygens (including phenoxy) is 2. The molecule has 2 N–H and O–H groups in total. The van der Waals surface area contributed by atoms with Crippen LogP contribution in [0.25, 0.3) is 0 Å². The SMILES string of the molecule is CCOc1ccccc1OCC(=O)N/N=C\c1cc(Br)ccc1O. The van der Waals surface area contributed by atoms with Gasteiger partial charge in [-0.25, -0.2) is 5.43 Å². The van der Waals surface area contributed by atoms with E-state index in [0.29, 0.717) is 23.7 Å². The summed E-state index contributed by atoms with van der Waals surface area (Å²) in [6, 6.07) is 12.0. The zero-order valence-electron chi connectivity index (χ0n) is 13.0. The molecule has 2 aromatic carbocycles. The van der Waals surface area contributed by atoms with E-state index < -0.39 is 5.91 Å². The van der Waals surface area contributed by atoms with Crippen molar-refractivity contribution < 1.29 is 19.4 Å². The Morgan fingerprint density at radius 1 is 1.25 bits per heavy atom. The predicted octanol–water partition coefficient (Wildman–Crippen LogP) is 3.08. The molecule has 0 fully saturated rings. The first-order valence-corrected chi connectivity index (χ1v) is 8.04. The first-order chi connectivity index (χ1) is 11.6. The Kier molecular flexibility index (Phi) is 6.62. The second-order valence-electron chi connectivity index (χ2n) is 4.66. The number of para-hydroxylation sites is 2. The van der Waals surface area contributed by atoms with Gasteiger partial charge in [-0.3, -0.25) is 4.79 Å². The van der Waals surface area contributed by atoms with Gasteiger partial charge in [-0.2, -0.15) is 5.10 Å². The average molecular weight is 393 g/mol. The van der Waals surface area contributed by atoms with Crippen LogP contribution in [0.5, 0.6) is 17.2 Å². The van der Waals surface area contributed by atoms with E-state index in [1.807, 2.05) is 13.0 Å². The van der Waals surface area contributed by atoms with Gasteiger partial charge in [-0.05, 0) is 37.3 Å². The number of rotatable bonds is 7. The average Bonchev–Trinajstić information content (AvgIpc) is 2.57. The second-order valence-corrected chi connectivity index (χ2v) is 5.58. The van der Waals surface area contributed by atoms with Crippen LogP contribution in [0.1, 0.15) is 12.5 Å². The number of nitrogens with zero attached hydrogens (tertiary/aromatic N) is 1. The molecule has 0 bridgehead atoms. The van der Waals surface area contributed by atoms with Crippen molar-refractivity contribution in [3.05, 3.63) is 52.5 Å². The highest BCUT2D eigenvalue weighted by Gasteiger charge is 2.06. The maximum atomic E-state index is 11.8. The first kappa shape index (κ1) is 17.8. The van der Waals surface area contributed by atoms with Gasteiger partial charge in [0.05, 0.1) is 12.8 Å². The van der Waals surface area contributed by atoms with Crippen LogP contribution in [0.3, 0.4) is 0 Å². The van der Waals surface area contributed by atoms with Crippen LogP contribution in [-0.2, 0) is 4.79 Å². The van der Waals surface area contributed by atoms with Gasteiger partial charge in [0.25, 0.3) is 5.91 Å². The van der Waals surface area contributed by atoms with E-state index >= 15 is 0 Å². The third-order valence-electron chi connectivity index (χ3n) is 2.89. The lowest BCUT2D eigenvalue weighted by Crippen LogP contribution is -2.24. The van der Waals surface area contributed by atoms with Gasteiger partial charge < -0.3 is 14.6 Å². The highest BCUT2D eigenvalue weighted by atomic mass is 79.9. The number of carbonyl (C=O) groups excluding carboxylic acids is 1. The number of nitrogens with one attached hydrogen (secondary N) is 1. The minimum absolute atomic E-state index is 0.0677. The van der Waals surface area contributed by atoms with E-state index in [9.17, 15) is 9.90 Å². The molecule has 2 rings (SSSR count). The molecule has 0 atom stereocenters. The van der Waals surface area contributed by atoms with E-state index in [-0.39, 0.29) is 12.4 Å². The Morgan fingerprint density at radius 2 is 1.96 bits per heavy atom. The minimum atomic E-state index is -0.424. The summed E-state index contributed by atoms with van der Waals surface area (Å²) in [4.78, 5) is 11.8. The van der Waals surface area contributed by atoms with Crippen molar-refractivity contribution in [1.82, 2.24) is 5.43 Å². The highest BCUT2D eigenvalue weighted by molar-refractivity contribution is 9.10. The number of hydrazone groups is 1. The lowest BCUT2D eigenvalue weighted by Gasteiger charge is -2.10. The first-order valence-electron chi connectivity index (χ1n) is 7.25. The summed E-state index contributed by atoms with van der Waals surface area (Å²) in [6.45, 7) is 2.18. The molecule has 0 radical (unpaired) electrons. The number of halogens is 1. The van der Waals surface area contributed by atoms with Crippen LogP contribution in [-0.4, -0.2) is 30.4 Å². The largest absolute Gasteiger partial charge is 0.507 e. The molecule has 1 amide bonds. The Morgan fingerprint density at radius 3 is 2.67 bits per heavy atom. The summed E-state index contributed by atoms with van der Waals surface area (Å²) >= 11 is 3.30. The predicted molar refractivity (Wildman–Crippen MR) is 94.6 cm³/mol. The summed E-state index contributed by atoms with van der Waals surface area (Å²) in [5.41, 5.74) is 2.82. The van der Waals surface area contributed by atoms with Crippen molar-refractivity contribution in [3.8, 4) is 17.2 Å². The molecule has 0 aliphatic heterocycles. The number of amides is 1. The van der Waals surface area contributed by atoms with E-state index in [1.165, 1.54) is 12.3 Å². The lowest BCUT2D eigenvalue weighted by atomic mass is 10.2. The van der Waals surface area contributed by atoms with Crippen LogP contribution in [0.4, 0.5) is 0 Å². The molecule has 6 nitrogen and oxygen atoms in total. The van der Waals surface area contributed by atoms with Crippen molar-refractivity contribution in [2.75, 3.05) is 13.2 Å². The minimum Gasteiger partial charge on any atom is -0.507 e. The summed E-state index contributed by atoms with van der Waals surface area (Å²) < 4.78 is 11.6. The van der Waals surface area contributed by atoms with Crippen LogP contribution in [0.2, 0.25) is 0 Å². The van der Waals surface area contributed by atoms with Crippen LogP contribution < -0.4 is 14.9 Å². The number of phenolic OH excluding ortho intramolecular Hbond substituents is 1. The maximum Gasteiger partial charge on any atom is 0.277 e. The molecule has 0 saturated carbocycles. The molecular weight excluding hydrogens is 376 g/mol. The van der Waals surface area contributed by atoms with E-state index in [4.69, 9.17) is 9.47 Å². The van der Waals surface area contributed by atoms with Crippen molar-refractivity contribution in [2.45, 2.75) is 6.92 Å². The number of aromatic hydroxyl groups is 1. The summed E-state index contributed by atoms with van der Waals surface area (Å²) in [5, 5.41) is 13.5. The molecule has 126 valence electrons. The molecular formula is C17H17BrN2O4. The van der Waals surface area contributed by atoms with Gasteiger partial charge in [-0.1, -0.05) is 28.1 Å². The monoisotopic (exact) mass is 392 g/mol. The topological polar surface area (TPSA) is 80.2 Å². The van der Waals surface area contributed by atoms with Gasteiger partial charge in [0, 0.05) is 10.0 Å². The molecule has 0 heterocycles. The summed E-state index contributed by atoms with van der Waals surface area (Å²) in [7, 11) is 0. The number of carbonyl (C=O) groups is 1. The van der Waals surface area contributed by atoms with E-state index in [1.54, 1.807) is 30.3 Å². The molecule has 0 aromatic heterocycles. The molecule has 0 unspecified atom stereocenters. The van der Waals surface area contributed by atoms with Gasteiger partial charge >= 0.3 is 0 Å². The fourth-order valence-corrected chi connectivity index (χ4v) is 2.20. The smallest absolute Gasteiger partial charge is 0.277 e. The van der Waals surface area contributed by atoms with E-state index in [0.717, 1.165) is 4.47 Å². The Hall–Kier alpha value is -2.54. The zero-order chi connectivity index (χ0) is 17.4. The van der Waals surface area contributed by atoms with Crippen molar-refractivity contribution >= 4 is 28.1 Å².